The average molecular weight is 213 g/mol. The Kier molecular flexibility index (Phi) is 2.01. The number of imidazole rings is 1. The summed E-state index contributed by atoms with van der Waals surface area (Å²) in [6.45, 7) is 0. The lowest BCUT2D eigenvalue weighted by atomic mass is 10.1. The van der Waals surface area contributed by atoms with Gasteiger partial charge in [-0.2, -0.15) is 0 Å². The molecule has 0 amide bonds. The van der Waals surface area contributed by atoms with Gasteiger partial charge in [-0.1, -0.05) is 18.2 Å². The first-order valence-electron chi connectivity index (χ1n) is 5.09. The lowest BCUT2D eigenvalue weighted by Gasteiger charge is -2.03. The summed E-state index contributed by atoms with van der Waals surface area (Å²) >= 11 is 0. The molecule has 0 radical (unpaired) electrons. The lowest BCUT2D eigenvalue weighted by Crippen LogP contribution is -2.12. The van der Waals surface area contributed by atoms with E-state index in [-0.39, 0.29) is 0 Å². The SMILES string of the molecule is OC1Nc2ccccc2/C1=C/c1ncc[nH]1. The number of benzene rings is 1. The predicted octanol–water partition coefficient (Wildman–Crippen LogP) is 1.69. The van der Waals surface area contributed by atoms with Crippen molar-refractivity contribution in [2.75, 3.05) is 5.32 Å². The fourth-order valence-electron chi connectivity index (χ4n) is 1.89. The number of H-pyrrole nitrogens is 1. The van der Waals surface area contributed by atoms with Gasteiger partial charge in [-0.05, 0) is 12.1 Å². The van der Waals surface area contributed by atoms with E-state index in [4.69, 9.17) is 0 Å². The number of aliphatic hydroxyl groups is 1. The number of para-hydroxylation sites is 1. The second-order valence-electron chi connectivity index (χ2n) is 3.67. The molecule has 1 atom stereocenters. The van der Waals surface area contributed by atoms with Crippen LogP contribution in [0, 0.1) is 0 Å². The normalized spacial score (nSPS) is 20.8. The predicted molar refractivity (Wildman–Crippen MR) is 62.5 cm³/mol. The number of hydrogen-bond acceptors (Lipinski definition) is 3. The molecule has 3 rings (SSSR count). The van der Waals surface area contributed by atoms with Crippen LogP contribution in [0.1, 0.15) is 11.4 Å². The van der Waals surface area contributed by atoms with E-state index in [0.717, 1.165) is 22.6 Å². The first kappa shape index (κ1) is 9.18. The third-order valence-corrected chi connectivity index (χ3v) is 2.64. The van der Waals surface area contributed by atoms with E-state index < -0.39 is 6.23 Å². The van der Waals surface area contributed by atoms with Crippen LogP contribution < -0.4 is 5.32 Å². The zero-order chi connectivity index (χ0) is 11.0. The molecule has 1 unspecified atom stereocenters. The Morgan fingerprint density at radius 3 is 3.00 bits per heavy atom. The van der Waals surface area contributed by atoms with Crippen molar-refractivity contribution in [2.24, 2.45) is 0 Å². The quantitative estimate of drug-likeness (QED) is 0.675. The number of hydrogen-bond donors (Lipinski definition) is 3. The van der Waals surface area contributed by atoms with Gasteiger partial charge in [0, 0.05) is 29.2 Å². The average Bonchev–Trinajstić information content (AvgIpc) is 2.89. The maximum atomic E-state index is 9.89. The number of aromatic amines is 1. The summed E-state index contributed by atoms with van der Waals surface area (Å²) < 4.78 is 0. The molecule has 4 nitrogen and oxygen atoms in total. The maximum Gasteiger partial charge on any atom is 0.151 e. The molecule has 0 bridgehead atoms. The minimum absolute atomic E-state index is 0.664. The van der Waals surface area contributed by atoms with Crippen LogP contribution in [0.3, 0.4) is 0 Å². The topological polar surface area (TPSA) is 60.9 Å². The number of nitrogens with zero attached hydrogens (tertiary/aromatic N) is 1. The van der Waals surface area contributed by atoms with E-state index in [1.807, 2.05) is 30.3 Å². The number of rotatable bonds is 1. The Bertz CT molecular complexity index is 531. The largest absolute Gasteiger partial charge is 0.369 e. The van der Waals surface area contributed by atoms with Gasteiger partial charge in [-0.3, -0.25) is 0 Å². The molecule has 1 aromatic carbocycles. The maximum absolute atomic E-state index is 9.89. The number of anilines is 1. The van der Waals surface area contributed by atoms with Crippen LogP contribution in [0.15, 0.2) is 36.7 Å². The molecule has 0 saturated heterocycles. The molecule has 16 heavy (non-hydrogen) atoms. The van der Waals surface area contributed by atoms with Gasteiger partial charge in [-0.25, -0.2) is 4.98 Å². The van der Waals surface area contributed by atoms with Crippen LogP contribution in [0.2, 0.25) is 0 Å². The van der Waals surface area contributed by atoms with E-state index >= 15 is 0 Å². The second-order valence-corrected chi connectivity index (χ2v) is 3.67. The molecule has 4 heteroatoms. The fourth-order valence-corrected chi connectivity index (χ4v) is 1.89. The van der Waals surface area contributed by atoms with Gasteiger partial charge in [-0.15, -0.1) is 0 Å². The van der Waals surface area contributed by atoms with Gasteiger partial charge in [0.25, 0.3) is 0 Å². The molecule has 3 N–H and O–H groups in total. The van der Waals surface area contributed by atoms with E-state index in [0.29, 0.717) is 0 Å². The molecule has 0 saturated carbocycles. The van der Waals surface area contributed by atoms with Gasteiger partial charge in [0.15, 0.2) is 6.23 Å². The number of fused-ring (bicyclic) bond motifs is 1. The van der Waals surface area contributed by atoms with Crippen LogP contribution in [0.4, 0.5) is 5.69 Å². The Labute approximate surface area is 92.7 Å². The summed E-state index contributed by atoms with van der Waals surface area (Å²) in [6.07, 6.45) is 4.63. The minimum atomic E-state index is -0.664. The highest BCUT2D eigenvalue weighted by Gasteiger charge is 2.23. The molecule has 2 aromatic rings. The van der Waals surface area contributed by atoms with Crippen LogP contribution in [-0.2, 0) is 0 Å². The molecule has 80 valence electrons. The highest BCUT2D eigenvalue weighted by Crippen LogP contribution is 2.34. The highest BCUT2D eigenvalue weighted by atomic mass is 16.3. The minimum Gasteiger partial charge on any atom is -0.369 e. The van der Waals surface area contributed by atoms with E-state index in [1.54, 1.807) is 12.4 Å². The van der Waals surface area contributed by atoms with Crippen molar-refractivity contribution in [3.8, 4) is 0 Å². The summed E-state index contributed by atoms with van der Waals surface area (Å²) in [5.41, 5.74) is 2.81. The molecule has 0 spiro atoms. The van der Waals surface area contributed by atoms with E-state index in [2.05, 4.69) is 15.3 Å². The molecular formula is C12H11N3O. The fraction of sp³-hybridized carbons (Fsp3) is 0.0833. The monoisotopic (exact) mass is 213 g/mol. The van der Waals surface area contributed by atoms with E-state index in [1.165, 1.54) is 0 Å². The molecule has 2 heterocycles. The molecule has 1 aromatic heterocycles. The van der Waals surface area contributed by atoms with Gasteiger partial charge < -0.3 is 15.4 Å². The Morgan fingerprint density at radius 1 is 1.31 bits per heavy atom. The molecule has 1 aliphatic heterocycles. The molecule has 0 fully saturated rings. The number of nitrogens with one attached hydrogen (secondary N) is 2. The Balaban J connectivity index is 2.08. The molecular weight excluding hydrogens is 202 g/mol. The highest BCUT2D eigenvalue weighted by molar-refractivity contribution is 5.93. The third kappa shape index (κ3) is 1.40. The second kappa shape index (κ2) is 3.50. The van der Waals surface area contributed by atoms with Gasteiger partial charge in [0.2, 0.25) is 0 Å². The van der Waals surface area contributed by atoms with Crippen molar-refractivity contribution in [1.29, 1.82) is 0 Å². The summed E-state index contributed by atoms with van der Waals surface area (Å²) in [6, 6.07) is 7.82. The number of aromatic nitrogens is 2. The molecule has 0 aliphatic carbocycles. The van der Waals surface area contributed by atoms with Crippen molar-refractivity contribution in [3.05, 3.63) is 48.0 Å². The summed E-state index contributed by atoms with van der Waals surface area (Å²) in [4.78, 5) is 7.11. The summed E-state index contributed by atoms with van der Waals surface area (Å²) in [5, 5.41) is 12.9. The zero-order valence-corrected chi connectivity index (χ0v) is 8.51. The van der Waals surface area contributed by atoms with Gasteiger partial charge >= 0.3 is 0 Å². The van der Waals surface area contributed by atoms with Crippen LogP contribution in [-0.4, -0.2) is 21.3 Å². The first-order chi connectivity index (χ1) is 7.84. The van der Waals surface area contributed by atoms with Crippen molar-refractivity contribution < 1.29 is 5.11 Å². The van der Waals surface area contributed by atoms with Crippen LogP contribution in [0.5, 0.6) is 0 Å². The summed E-state index contributed by atoms with van der Waals surface area (Å²) in [7, 11) is 0. The Morgan fingerprint density at radius 2 is 2.19 bits per heavy atom. The van der Waals surface area contributed by atoms with Gasteiger partial charge in [0.1, 0.15) is 5.82 Å². The number of aliphatic hydroxyl groups excluding tert-OH is 1. The zero-order valence-electron chi connectivity index (χ0n) is 8.51. The third-order valence-electron chi connectivity index (χ3n) is 2.64. The van der Waals surface area contributed by atoms with Crippen molar-refractivity contribution >= 4 is 17.3 Å². The smallest absolute Gasteiger partial charge is 0.151 e. The standard InChI is InChI=1S/C12H11N3O/c16-12-9(7-11-13-5-6-14-11)8-3-1-2-4-10(8)15-12/h1-7,12,15-16H,(H,13,14)/b9-7-. The van der Waals surface area contributed by atoms with E-state index in [9.17, 15) is 5.11 Å². The van der Waals surface area contributed by atoms with Crippen LogP contribution >= 0.6 is 0 Å². The van der Waals surface area contributed by atoms with Crippen molar-refractivity contribution in [2.45, 2.75) is 6.23 Å². The summed E-state index contributed by atoms with van der Waals surface area (Å²) in [5.74, 6) is 0.743. The van der Waals surface area contributed by atoms with Crippen molar-refractivity contribution in [1.82, 2.24) is 9.97 Å². The van der Waals surface area contributed by atoms with Gasteiger partial charge in [0.05, 0.1) is 0 Å². The Hall–Kier alpha value is -2.07. The van der Waals surface area contributed by atoms with Crippen molar-refractivity contribution in [3.63, 3.8) is 0 Å². The molecule has 1 aliphatic rings. The lowest BCUT2D eigenvalue weighted by molar-refractivity contribution is 0.266. The first-order valence-corrected chi connectivity index (χ1v) is 5.09. The van der Waals surface area contributed by atoms with Crippen LogP contribution in [0.25, 0.3) is 11.6 Å².